The number of nitrogens with zero attached hydrogens (tertiary/aromatic N) is 1. The summed E-state index contributed by atoms with van der Waals surface area (Å²) in [6.07, 6.45) is 1.07. The van der Waals surface area contributed by atoms with Crippen molar-refractivity contribution in [3.05, 3.63) is 65.7 Å². The summed E-state index contributed by atoms with van der Waals surface area (Å²) in [7, 11) is -3.52. The van der Waals surface area contributed by atoms with Crippen molar-refractivity contribution in [3.63, 3.8) is 0 Å². The molecule has 0 saturated heterocycles. The van der Waals surface area contributed by atoms with Gasteiger partial charge in [-0.2, -0.15) is 0 Å². The van der Waals surface area contributed by atoms with E-state index in [-0.39, 0.29) is 18.7 Å². The van der Waals surface area contributed by atoms with Crippen LogP contribution in [0.25, 0.3) is 0 Å². The monoisotopic (exact) mass is 354 g/mol. The maximum absolute atomic E-state index is 13.1. The Morgan fingerprint density at radius 2 is 1.75 bits per heavy atom. The largest absolute Gasteiger partial charge is 0.350 e. The van der Waals surface area contributed by atoms with Crippen molar-refractivity contribution >= 4 is 21.6 Å². The highest BCUT2D eigenvalue weighted by Crippen LogP contribution is 2.16. The van der Waals surface area contributed by atoms with E-state index in [0.29, 0.717) is 5.69 Å². The summed E-state index contributed by atoms with van der Waals surface area (Å²) in [6.45, 7) is 0.0258. The molecule has 0 aliphatic carbocycles. The molecular weight excluding hydrogens is 338 g/mol. The Balaban J connectivity index is 2.03. The third-order valence-corrected chi connectivity index (χ3v) is 4.42. The van der Waals surface area contributed by atoms with Crippen molar-refractivity contribution in [2.24, 2.45) is 0 Å². The highest BCUT2D eigenvalue weighted by atomic mass is 32.2. The number of amides is 1. The van der Waals surface area contributed by atoms with Gasteiger partial charge in [0.2, 0.25) is 10.0 Å². The molecule has 0 atom stereocenters. The summed E-state index contributed by atoms with van der Waals surface area (Å²) >= 11 is 0. The van der Waals surface area contributed by atoms with Gasteiger partial charge in [0, 0.05) is 12.1 Å². The third-order valence-electron chi connectivity index (χ3n) is 3.23. The third kappa shape index (κ3) is 4.51. The number of para-hydroxylation sites is 1. The molecule has 0 aliphatic heterocycles. The standard InChI is InChI=1S/C16H16F2N2O3S/c1-24(22,23)20(13-5-3-2-4-6-13)10-9-19-16(21)12-7-8-14(17)15(18)11-12/h2-8,11H,9-10H2,1H3,(H,19,21). The summed E-state index contributed by atoms with van der Waals surface area (Å²) in [5.41, 5.74) is 0.432. The molecule has 2 aromatic rings. The molecular formula is C16H16F2N2O3S. The molecule has 8 heteroatoms. The summed E-state index contributed by atoms with van der Waals surface area (Å²) in [5, 5.41) is 2.48. The average molecular weight is 354 g/mol. The highest BCUT2D eigenvalue weighted by molar-refractivity contribution is 7.92. The average Bonchev–Trinajstić information content (AvgIpc) is 2.53. The van der Waals surface area contributed by atoms with Crippen molar-refractivity contribution in [2.45, 2.75) is 0 Å². The molecule has 0 heterocycles. The second-order valence-corrected chi connectivity index (χ2v) is 6.96. The van der Waals surface area contributed by atoms with Gasteiger partial charge in [-0.1, -0.05) is 18.2 Å². The van der Waals surface area contributed by atoms with Crippen LogP contribution in [0.3, 0.4) is 0 Å². The van der Waals surface area contributed by atoms with E-state index >= 15 is 0 Å². The summed E-state index contributed by atoms with van der Waals surface area (Å²) in [4.78, 5) is 11.9. The maximum Gasteiger partial charge on any atom is 0.251 e. The lowest BCUT2D eigenvalue weighted by Gasteiger charge is -2.22. The fourth-order valence-electron chi connectivity index (χ4n) is 2.09. The normalized spacial score (nSPS) is 11.1. The van der Waals surface area contributed by atoms with Crippen molar-refractivity contribution in [2.75, 3.05) is 23.7 Å². The minimum Gasteiger partial charge on any atom is -0.350 e. The van der Waals surface area contributed by atoms with Crippen LogP contribution in [0.15, 0.2) is 48.5 Å². The molecule has 1 N–H and O–H groups in total. The number of benzene rings is 2. The first kappa shape index (κ1) is 17.9. The lowest BCUT2D eigenvalue weighted by molar-refractivity contribution is 0.0954. The van der Waals surface area contributed by atoms with Crippen LogP contribution in [-0.4, -0.2) is 33.7 Å². The fraction of sp³-hybridized carbons (Fsp3) is 0.188. The number of rotatable bonds is 6. The molecule has 0 aromatic heterocycles. The van der Waals surface area contributed by atoms with E-state index in [1.54, 1.807) is 30.3 Å². The highest BCUT2D eigenvalue weighted by Gasteiger charge is 2.17. The number of hydrogen-bond acceptors (Lipinski definition) is 3. The zero-order valence-electron chi connectivity index (χ0n) is 12.9. The van der Waals surface area contributed by atoms with E-state index in [1.165, 1.54) is 0 Å². The van der Waals surface area contributed by atoms with Crippen LogP contribution in [-0.2, 0) is 10.0 Å². The number of sulfonamides is 1. The topological polar surface area (TPSA) is 66.5 Å². The Kier molecular flexibility index (Phi) is 5.50. The molecule has 2 aromatic carbocycles. The van der Waals surface area contributed by atoms with E-state index in [2.05, 4.69) is 5.32 Å². The second-order valence-electron chi connectivity index (χ2n) is 5.06. The summed E-state index contributed by atoms with van der Waals surface area (Å²) in [5.74, 6) is -2.78. The fourth-order valence-corrected chi connectivity index (χ4v) is 3.02. The van der Waals surface area contributed by atoms with Gasteiger partial charge in [0.05, 0.1) is 18.5 Å². The van der Waals surface area contributed by atoms with Gasteiger partial charge in [0.25, 0.3) is 5.91 Å². The second kappa shape index (κ2) is 7.39. The predicted molar refractivity (Wildman–Crippen MR) is 87.3 cm³/mol. The molecule has 0 aliphatic rings. The van der Waals surface area contributed by atoms with Gasteiger partial charge >= 0.3 is 0 Å². The molecule has 1 amide bonds. The van der Waals surface area contributed by atoms with Crippen LogP contribution in [0.4, 0.5) is 14.5 Å². The van der Waals surface area contributed by atoms with E-state index in [0.717, 1.165) is 28.8 Å². The van der Waals surface area contributed by atoms with Crippen LogP contribution in [0.5, 0.6) is 0 Å². The van der Waals surface area contributed by atoms with Crippen LogP contribution in [0.1, 0.15) is 10.4 Å². The van der Waals surface area contributed by atoms with Crippen molar-refractivity contribution in [1.29, 1.82) is 0 Å². The molecule has 24 heavy (non-hydrogen) atoms. The quantitative estimate of drug-likeness (QED) is 0.864. The SMILES string of the molecule is CS(=O)(=O)N(CCNC(=O)c1ccc(F)c(F)c1)c1ccccc1. The van der Waals surface area contributed by atoms with Crippen LogP contribution in [0, 0.1) is 11.6 Å². The summed E-state index contributed by atoms with van der Waals surface area (Å²) < 4.78 is 50.9. The number of anilines is 1. The van der Waals surface area contributed by atoms with Gasteiger partial charge in [0.15, 0.2) is 11.6 Å². The van der Waals surface area contributed by atoms with Crippen molar-refractivity contribution < 1.29 is 22.0 Å². The molecule has 0 fully saturated rings. The Labute approximate surface area is 139 Å². The van der Waals surface area contributed by atoms with Gasteiger partial charge in [-0.05, 0) is 30.3 Å². The van der Waals surface area contributed by atoms with Gasteiger partial charge in [-0.3, -0.25) is 9.10 Å². The molecule has 128 valence electrons. The first-order valence-electron chi connectivity index (χ1n) is 7.05. The van der Waals surface area contributed by atoms with Gasteiger partial charge in [-0.25, -0.2) is 17.2 Å². The van der Waals surface area contributed by atoms with Crippen molar-refractivity contribution in [1.82, 2.24) is 5.32 Å². The number of nitrogens with one attached hydrogen (secondary N) is 1. The molecule has 2 rings (SSSR count). The molecule has 0 saturated carbocycles. The van der Waals surface area contributed by atoms with E-state index in [1.807, 2.05) is 0 Å². The first-order valence-corrected chi connectivity index (χ1v) is 8.90. The number of halogens is 2. The molecule has 0 unspecified atom stereocenters. The molecule has 0 spiro atoms. The van der Waals surface area contributed by atoms with Crippen molar-refractivity contribution in [3.8, 4) is 0 Å². The lowest BCUT2D eigenvalue weighted by Crippen LogP contribution is -2.38. The summed E-state index contributed by atoms with van der Waals surface area (Å²) in [6, 6.07) is 11.2. The Hall–Kier alpha value is -2.48. The van der Waals surface area contributed by atoms with E-state index in [9.17, 15) is 22.0 Å². The zero-order valence-corrected chi connectivity index (χ0v) is 13.7. The van der Waals surface area contributed by atoms with Gasteiger partial charge < -0.3 is 5.32 Å². The number of carbonyl (C=O) groups excluding carboxylic acids is 1. The number of carbonyl (C=O) groups is 1. The first-order chi connectivity index (χ1) is 11.3. The minimum atomic E-state index is -3.52. The zero-order chi connectivity index (χ0) is 17.7. The predicted octanol–water partition coefficient (Wildman–Crippen LogP) is 2.16. The van der Waals surface area contributed by atoms with Gasteiger partial charge in [0.1, 0.15) is 0 Å². The Morgan fingerprint density at radius 3 is 2.33 bits per heavy atom. The Morgan fingerprint density at radius 1 is 1.08 bits per heavy atom. The smallest absolute Gasteiger partial charge is 0.251 e. The van der Waals surface area contributed by atoms with Crippen LogP contribution < -0.4 is 9.62 Å². The minimum absolute atomic E-state index is 0.0122. The molecule has 5 nitrogen and oxygen atoms in total. The van der Waals surface area contributed by atoms with E-state index in [4.69, 9.17) is 0 Å². The number of hydrogen-bond donors (Lipinski definition) is 1. The van der Waals surface area contributed by atoms with E-state index < -0.39 is 27.6 Å². The Bertz CT molecular complexity index is 826. The van der Waals surface area contributed by atoms with Gasteiger partial charge in [-0.15, -0.1) is 0 Å². The maximum atomic E-state index is 13.1. The molecule has 0 radical (unpaired) electrons. The van der Waals surface area contributed by atoms with Crippen LogP contribution >= 0.6 is 0 Å². The lowest BCUT2D eigenvalue weighted by atomic mass is 10.2. The molecule has 0 bridgehead atoms. The van der Waals surface area contributed by atoms with Crippen LogP contribution in [0.2, 0.25) is 0 Å².